The van der Waals surface area contributed by atoms with Gasteiger partial charge in [0.1, 0.15) is 0 Å². The van der Waals surface area contributed by atoms with Crippen LogP contribution >= 0.6 is 0 Å². The van der Waals surface area contributed by atoms with Crippen LogP contribution in [0.15, 0.2) is 6.07 Å². The molecule has 0 aliphatic rings. The molecule has 1 N–H and O–H groups in total. The van der Waals surface area contributed by atoms with Crippen LogP contribution in [0.3, 0.4) is 0 Å². The Balaban J connectivity index is 2.60. The van der Waals surface area contributed by atoms with Gasteiger partial charge in [-0.2, -0.15) is 14.8 Å². The first-order valence-electron chi connectivity index (χ1n) is 5.29. The van der Waals surface area contributed by atoms with Gasteiger partial charge in [-0.3, -0.25) is 0 Å². The summed E-state index contributed by atoms with van der Waals surface area (Å²) in [6.07, 6.45) is 0. The fraction of sp³-hybridized carbons (Fsp3) is 0.364. The first-order chi connectivity index (χ1) is 8.56. The SMILES string of the molecule is COc1nc(-n2nc(C)cc2OC)nc(C)c1O. The van der Waals surface area contributed by atoms with Gasteiger partial charge in [-0.15, -0.1) is 0 Å². The van der Waals surface area contributed by atoms with E-state index in [1.807, 2.05) is 6.92 Å². The van der Waals surface area contributed by atoms with Crippen LogP contribution in [0.1, 0.15) is 11.4 Å². The van der Waals surface area contributed by atoms with E-state index in [9.17, 15) is 5.11 Å². The lowest BCUT2D eigenvalue weighted by Gasteiger charge is -2.08. The van der Waals surface area contributed by atoms with E-state index in [0.717, 1.165) is 5.69 Å². The van der Waals surface area contributed by atoms with Crippen LogP contribution in [0.4, 0.5) is 0 Å². The lowest BCUT2D eigenvalue weighted by Crippen LogP contribution is -2.07. The topological polar surface area (TPSA) is 82.3 Å². The van der Waals surface area contributed by atoms with Crippen molar-refractivity contribution in [2.45, 2.75) is 13.8 Å². The largest absolute Gasteiger partial charge is 0.502 e. The lowest BCUT2D eigenvalue weighted by molar-refractivity contribution is 0.349. The molecule has 2 aromatic rings. The van der Waals surface area contributed by atoms with Gasteiger partial charge in [0.2, 0.25) is 5.88 Å². The molecule has 0 saturated heterocycles. The molecule has 18 heavy (non-hydrogen) atoms. The summed E-state index contributed by atoms with van der Waals surface area (Å²) in [6.45, 7) is 3.50. The van der Waals surface area contributed by atoms with Crippen LogP contribution < -0.4 is 9.47 Å². The Labute approximate surface area is 104 Å². The molecule has 0 atom stereocenters. The molecule has 0 aliphatic heterocycles. The van der Waals surface area contributed by atoms with Crippen LogP contribution in [0.25, 0.3) is 5.95 Å². The molecule has 7 heteroatoms. The minimum atomic E-state index is -0.0795. The second kappa shape index (κ2) is 4.52. The number of hydrogen-bond acceptors (Lipinski definition) is 6. The Kier molecular flexibility index (Phi) is 3.05. The van der Waals surface area contributed by atoms with Crippen molar-refractivity contribution in [1.29, 1.82) is 0 Å². The molecule has 2 rings (SSSR count). The number of aryl methyl sites for hydroxylation is 2. The summed E-state index contributed by atoms with van der Waals surface area (Å²) in [6, 6.07) is 1.76. The van der Waals surface area contributed by atoms with Crippen molar-refractivity contribution in [3.05, 3.63) is 17.5 Å². The molecule has 7 nitrogen and oxygen atoms in total. The Morgan fingerprint density at radius 2 is 1.89 bits per heavy atom. The van der Waals surface area contributed by atoms with Gasteiger partial charge in [0.25, 0.3) is 11.8 Å². The predicted octanol–water partition coefficient (Wildman–Crippen LogP) is 1.00. The molecular weight excluding hydrogens is 236 g/mol. The fourth-order valence-corrected chi connectivity index (χ4v) is 1.53. The zero-order valence-electron chi connectivity index (χ0n) is 10.6. The van der Waals surface area contributed by atoms with Gasteiger partial charge in [0.15, 0.2) is 5.75 Å². The van der Waals surface area contributed by atoms with E-state index in [-0.39, 0.29) is 17.6 Å². The van der Waals surface area contributed by atoms with E-state index in [1.165, 1.54) is 18.9 Å². The third kappa shape index (κ3) is 1.94. The van der Waals surface area contributed by atoms with Gasteiger partial charge in [-0.25, -0.2) is 4.98 Å². The van der Waals surface area contributed by atoms with Crippen LogP contribution in [-0.4, -0.2) is 39.1 Å². The number of ether oxygens (including phenoxy) is 2. The van der Waals surface area contributed by atoms with Crippen LogP contribution in [0, 0.1) is 13.8 Å². The molecule has 0 fully saturated rings. The van der Waals surface area contributed by atoms with Gasteiger partial charge in [-0.1, -0.05) is 0 Å². The minimum absolute atomic E-state index is 0.0795. The van der Waals surface area contributed by atoms with Crippen molar-refractivity contribution >= 4 is 0 Å². The maximum atomic E-state index is 9.69. The van der Waals surface area contributed by atoms with E-state index in [0.29, 0.717) is 11.6 Å². The van der Waals surface area contributed by atoms with Crippen molar-refractivity contribution in [3.8, 4) is 23.5 Å². The first kappa shape index (κ1) is 12.2. The smallest absolute Gasteiger partial charge is 0.261 e. The summed E-state index contributed by atoms with van der Waals surface area (Å²) in [7, 11) is 2.97. The maximum Gasteiger partial charge on any atom is 0.261 e. The predicted molar refractivity (Wildman–Crippen MR) is 63.4 cm³/mol. The summed E-state index contributed by atoms with van der Waals surface area (Å²) < 4.78 is 11.6. The van der Waals surface area contributed by atoms with Gasteiger partial charge in [0.05, 0.1) is 25.6 Å². The quantitative estimate of drug-likeness (QED) is 0.875. The number of nitrogens with zero attached hydrogens (tertiary/aromatic N) is 4. The monoisotopic (exact) mass is 250 g/mol. The number of hydrogen-bond donors (Lipinski definition) is 1. The van der Waals surface area contributed by atoms with Crippen molar-refractivity contribution in [2.75, 3.05) is 14.2 Å². The van der Waals surface area contributed by atoms with Gasteiger partial charge >= 0.3 is 0 Å². The molecule has 0 bridgehead atoms. The number of methoxy groups -OCH3 is 2. The minimum Gasteiger partial charge on any atom is -0.502 e. The van der Waals surface area contributed by atoms with Crippen molar-refractivity contribution in [1.82, 2.24) is 19.7 Å². The second-order valence-corrected chi connectivity index (χ2v) is 3.71. The molecule has 2 aromatic heterocycles. The maximum absolute atomic E-state index is 9.69. The summed E-state index contributed by atoms with van der Waals surface area (Å²) in [5.41, 5.74) is 1.19. The normalized spacial score (nSPS) is 10.4. The average molecular weight is 250 g/mol. The van der Waals surface area contributed by atoms with Crippen LogP contribution in [0.5, 0.6) is 17.5 Å². The zero-order valence-corrected chi connectivity index (χ0v) is 10.6. The third-order valence-corrected chi connectivity index (χ3v) is 2.41. The van der Waals surface area contributed by atoms with E-state index in [2.05, 4.69) is 15.1 Å². The Morgan fingerprint density at radius 3 is 2.50 bits per heavy atom. The average Bonchev–Trinajstić information content (AvgIpc) is 2.73. The molecule has 0 radical (unpaired) electrons. The van der Waals surface area contributed by atoms with Crippen molar-refractivity contribution in [3.63, 3.8) is 0 Å². The Morgan fingerprint density at radius 1 is 1.17 bits per heavy atom. The van der Waals surface area contributed by atoms with Gasteiger partial charge in [0, 0.05) is 6.07 Å². The van der Waals surface area contributed by atoms with Crippen LogP contribution in [-0.2, 0) is 0 Å². The highest BCUT2D eigenvalue weighted by atomic mass is 16.5. The molecule has 0 aliphatic carbocycles. The highest BCUT2D eigenvalue weighted by Gasteiger charge is 2.16. The molecular formula is C11H14N4O3. The molecule has 2 heterocycles. The number of rotatable bonds is 3. The number of aromatic nitrogens is 4. The lowest BCUT2D eigenvalue weighted by atomic mass is 10.4. The third-order valence-electron chi connectivity index (χ3n) is 2.41. The number of aromatic hydroxyl groups is 1. The van der Waals surface area contributed by atoms with E-state index < -0.39 is 0 Å². The molecule has 0 amide bonds. The summed E-state index contributed by atoms with van der Waals surface area (Å²) in [4.78, 5) is 8.23. The van der Waals surface area contributed by atoms with Gasteiger partial charge in [-0.05, 0) is 13.8 Å². The molecule has 0 unspecified atom stereocenters. The van der Waals surface area contributed by atoms with Crippen LogP contribution in [0.2, 0.25) is 0 Å². The zero-order chi connectivity index (χ0) is 13.3. The van der Waals surface area contributed by atoms with E-state index in [4.69, 9.17) is 9.47 Å². The van der Waals surface area contributed by atoms with E-state index in [1.54, 1.807) is 13.0 Å². The summed E-state index contributed by atoms with van der Waals surface area (Å²) in [5.74, 6) is 0.823. The highest BCUT2D eigenvalue weighted by molar-refractivity contribution is 5.39. The standard InChI is InChI=1S/C11H14N4O3/c1-6-5-8(17-3)15(14-6)11-12-7(2)9(16)10(13-11)18-4/h5,16H,1-4H3. The molecule has 0 saturated carbocycles. The van der Waals surface area contributed by atoms with Crippen molar-refractivity contribution in [2.24, 2.45) is 0 Å². The highest BCUT2D eigenvalue weighted by Crippen LogP contribution is 2.27. The van der Waals surface area contributed by atoms with Gasteiger partial charge < -0.3 is 14.6 Å². The molecule has 96 valence electrons. The molecule has 0 aromatic carbocycles. The Hall–Kier alpha value is -2.31. The summed E-state index contributed by atoms with van der Waals surface area (Å²) >= 11 is 0. The Bertz CT molecular complexity index is 580. The second-order valence-electron chi connectivity index (χ2n) is 3.71. The van der Waals surface area contributed by atoms with Crippen molar-refractivity contribution < 1.29 is 14.6 Å². The fourth-order valence-electron chi connectivity index (χ4n) is 1.53. The first-order valence-corrected chi connectivity index (χ1v) is 5.29. The summed E-state index contributed by atoms with van der Waals surface area (Å²) in [5, 5.41) is 13.9. The molecule has 0 spiro atoms. The van der Waals surface area contributed by atoms with E-state index >= 15 is 0 Å².